The van der Waals surface area contributed by atoms with Crippen molar-refractivity contribution in [2.75, 3.05) is 6.61 Å². The van der Waals surface area contributed by atoms with Gasteiger partial charge in [0.05, 0.1) is 17.2 Å². The molecular weight excluding hydrogens is 292 g/mol. The Morgan fingerprint density at radius 1 is 1.25 bits per heavy atom. The van der Waals surface area contributed by atoms with Crippen LogP contribution in [-0.4, -0.2) is 16.6 Å². The second kappa shape index (κ2) is 4.43. The molecule has 0 N–H and O–H groups in total. The molecule has 4 rings (SSSR count). The number of fused-ring (bicyclic) bond motifs is 5. The van der Waals surface area contributed by atoms with Crippen LogP contribution < -0.4 is 4.74 Å². The molecule has 3 heterocycles. The summed E-state index contributed by atoms with van der Waals surface area (Å²) >= 11 is 7.98. The van der Waals surface area contributed by atoms with E-state index < -0.39 is 0 Å². The van der Waals surface area contributed by atoms with Crippen LogP contribution in [0.5, 0.6) is 5.75 Å². The maximum atomic E-state index is 6.28. The number of hydrogen-bond donors (Lipinski definition) is 0. The first-order chi connectivity index (χ1) is 9.74. The molecular formula is C15H11ClN2OS. The zero-order valence-electron chi connectivity index (χ0n) is 10.8. The third-order valence-electron chi connectivity index (χ3n) is 3.43. The van der Waals surface area contributed by atoms with Gasteiger partial charge in [0.1, 0.15) is 16.7 Å². The van der Waals surface area contributed by atoms with E-state index in [1.165, 1.54) is 4.70 Å². The number of rotatable bonds is 0. The molecule has 0 bridgehead atoms. The van der Waals surface area contributed by atoms with E-state index in [-0.39, 0.29) is 0 Å². The topological polar surface area (TPSA) is 35.0 Å². The van der Waals surface area contributed by atoms with Gasteiger partial charge in [0.15, 0.2) is 0 Å². The van der Waals surface area contributed by atoms with Crippen molar-refractivity contribution < 1.29 is 4.74 Å². The van der Waals surface area contributed by atoms with Gasteiger partial charge in [-0.25, -0.2) is 9.97 Å². The third-order valence-corrected chi connectivity index (χ3v) is 4.90. The molecule has 0 fully saturated rings. The number of thiophene rings is 1. The first-order valence-electron chi connectivity index (χ1n) is 6.42. The maximum Gasteiger partial charge on any atom is 0.147 e. The minimum absolute atomic E-state index is 0.543. The van der Waals surface area contributed by atoms with E-state index in [2.05, 4.69) is 22.1 Å². The van der Waals surface area contributed by atoms with Crippen molar-refractivity contribution >= 4 is 33.0 Å². The van der Waals surface area contributed by atoms with Crippen LogP contribution in [0.15, 0.2) is 24.3 Å². The Morgan fingerprint density at radius 3 is 3.00 bits per heavy atom. The third kappa shape index (κ3) is 1.72. The van der Waals surface area contributed by atoms with Crippen LogP contribution >= 0.6 is 22.9 Å². The van der Waals surface area contributed by atoms with Gasteiger partial charge in [-0.05, 0) is 19.1 Å². The lowest BCUT2D eigenvalue weighted by Crippen LogP contribution is -2.02. The van der Waals surface area contributed by atoms with Crippen LogP contribution in [0.25, 0.3) is 20.7 Å². The monoisotopic (exact) mass is 302 g/mol. The minimum atomic E-state index is 0.543. The zero-order valence-corrected chi connectivity index (χ0v) is 12.4. The van der Waals surface area contributed by atoms with Crippen LogP contribution in [0, 0.1) is 6.92 Å². The summed E-state index contributed by atoms with van der Waals surface area (Å²) < 4.78 is 7.17. The molecule has 20 heavy (non-hydrogen) atoms. The van der Waals surface area contributed by atoms with Gasteiger partial charge in [0, 0.05) is 22.1 Å². The molecule has 0 radical (unpaired) electrons. The van der Waals surface area contributed by atoms with E-state index >= 15 is 0 Å². The van der Waals surface area contributed by atoms with Gasteiger partial charge in [0.2, 0.25) is 0 Å². The van der Waals surface area contributed by atoms with Gasteiger partial charge in [-0.1, -0.05) is 23.7 Å². The summed E-state index contributed by atoms with van der Waals surface area (Å²) in [7, 11) is 0. The molecule has 0 spiro atoms. The molecule has 0 aliphatic carbocycles. The van der Waals surface area contributed by atoms with E-state index in [4.69, 9.17) is 16.3 Å². The minimum Gasteiger partial charge on any atom is -0.491 e. The Hall–Kier alpha value is -1.65. The SMILES string of the molecule is Cc1nc(Cl)c2c(n1)-c1sc3ccccc3c1OCC2. The molecule has 1 aromatic carbocycles. The normalized spacial score (nSPS) is 13.5. The molecule has 3 nitrogen and oxygen atoms in total. The predicted molar refractivity (Wildman–Crippen MR) is 81.8 cm³/mol. The highest BCUT2D eigenvalue weighted by Crippen LogP contribution is 2.46. The summed E-state index contributed by atoms with van der Waals surface area (Å²) in [5.41, 5.74) is 1.92. The number of hydrogen-bond acceptors (Lipinski definition) is 4. The first kappa shape index (κ1) is 12.1. The standard InChI is InChI=1S/C15H11ClN2OS/c1-8-17-12-10(15(16)18-8)6-7-19-13-9-4-2-3-5-11(9)20-14(12)13/h2-5H,6-7H2,1H3. The molecule has 100 valence electrons. The average molecular weight is 303 g/mol. The van der Waals surface area contributed by atoms with Crippen LogP contribution in [-0.2, 0) is 6.42 Å². The second-order valence-corrected chi connectivity index (χ2v) is 6.15. The molecule has 0 saturated heterocycles. The lowest BCUT2D eigenvalue weighted by Gasteiger charge is -2.06. The van der Waals surface area contributed by atoms with Gasteiger partial charge in [0.25, 0.3) is 0 Å². The number of benzene rings is 1. The summed E-state index contributed by atoms with van der Waals surface area (Å²) in [6, 6.07) is 8.26. The van der Waals surface area contributed by atoms with E-state index in [9.17, 15) is 0 Å². The van der Waals surface area contributed by atoms with Crippen molar-refractivity contribution in [1.82, 2.24) is 9.97 Å². The predicted octanol–water partition coefficient (Wildman–Crippen LogP) is 4.26. The van der Waals surface area contributed by atoms with Crippen LogP contribution in [0.4, 0.5) is 0 Å². The summed E-state index contributed by atoms with van der Waals surface area (Å²) in [4.78, 5) is 9.93. The maximum absolute atomic E-state index is 6.28. The smallest absolute Gasteiger partial charge is 0.147 e. The van der Waals surface area contributed by atoms with Gasteiger partial charge >= 0.3 is 0 Å². The fourth-order valence-corrected chi connectivity index (χ4v) is 4.02. The Morgan fingerprint density at radius 2 is 2.10 bits per heavy atom. The molecule has 3 aromatic rings. The number of aromatic nitrogens is 2. The van der Waals surface area contributed by atoms with Crippen LogP contribution in [0.3, 0.4) is 0 Å². The van der Waals surface area contributed by atoms with Gasteiger partial charge in [-0.3, -0.25) is 0 Å². The summed E-state index contributed by atoms with van der Waals surface area (Å²) in [6.07, 6.45) is 0.740. The summed E-state index contributed by atoms with van der Waals surface area (Å²) in [5, 5.41) is 1.69. The van der Waals surface area contributed by atoms with Crippen molar-refractivity contribution in [3.8, 4) is 16.3 Å². The highest BCUT2D eigenvalue weighted by Gasteiger charge is 2.24. The molecule has 1 aliphatic rings. The van der Waals surface area contributed by atoms with Crippen molar-refractivity contribution in [3.63, 3.8) is 0 Å². The van der Waals surface area contributed by atoms with Crippen molar-refractivity contribution in [1.29, 1.82) is 0 Å². The molecule has 0 unspecified atom stereocenters. The van der Waals surface area contributed by atoms with Crippen LogP contribution in [0.1, 0.15) is 11.4 Å². The van der Waals surface area contributed by atoms with Gasteiger partial charge in [-0.15, -0.1) is 11.3 Å². The highest BCUT2D eigenvalue weighted by atomic mass is 35.5. The highest BCUT2D eigenvalue weighted by molar-refractivity contribution is 7.22. The largest absolute Gasteiger partial charge is 0.491 e. The molecule has 0 atom stereocenters. The van der Waals surface area contributed by atoms with E-state index in [1.54, 1.807) is 11.3 Å². The number of halogens is 1. The van der Waals surface area contributed by atoms with E-state index in [1.807, 2.05) is 19.1 Å². The number of aryl methyl sites for hydroxylation is 1. The Balaban J connectivity index is 2.09. The lowest BCUT2D eigenvalue weighted by atomic mass is 10.1. The number of ether oxygens (including phenoxy) is 1. The Bertz CT molecular complexity index is 828. The fraction of sp³-hybridized carbons (Fsp3) is 0.200. The summed E-state index contributed by atoms with van der Waals surface area (Å²) in [5.74, 6) is 1.62. The zero-order chi connectivity index (χ0) is 13.7. The molecule has 0 amide bonds. The van der Waals surface area contributed by atoms with E-state index in [0.717, 1.165) is 33.7 Å². The van der Waals surface area contributed by atoms with Gasteiger partial charge in [-0.2, -0.15) is 0 Å². The fourth-order valence-electron chi connectivity index (χ4n) is 2.55. The summed E-state index contributed by atoms with van der Waals surface area (Å²) in [6.45, 7) is 2.47. The quantitative estimate of drug-likeness (QED) is 0.582. The van der Waals surface area contributed by atoms with Crippen molar-refractivity contribution in [3.05, 3.63) is 40.8 Å². The van der Waals surface area contributed by atoms with Crippen LogP contribution in [0.2, 0.25) is 5.15 Å². The van der Waals surface area contributed by atoms with Crippen molar-refractivity contribution in [2.45, 2.75) is 13.3 Å². The number of nitrogens with zero attached hydrogens (tertiary/aromatic N) is 2. The van der Waals surface area contributed by atoms with E-state index in [0.29, 0.717) is 17.6 Å². The molecule has 2 aromatic heterocycles. The Labute approximate surface area is 125 Å². The Kier molecular flexibility index (Phi) is 2.69. The molecule has 1 aliphatic heterocycles. The second-order valence-electron chi connectivity index (χ2n) is 4.74. The van der Waals surface area contributed by atoms with Crippen molar-refractivity contribution in [2.24, 2.45) is 0 Å². The average Bonchev–Trinajstić information content (AvgIpc) is 2.70. The lowest BCUT2D eigenvalue weighted by molar-refractivity contribution is 0.331. The first-order valence-corrected chi connectivity index (χ1v) is 7.61. The molecule has 5 heteroatoms. The van der Waals surface area contributed by atoms with Gasteiger partial charge < -0.3 is 4.74 Å². The molecule has 0 saturated carbocycles.